The van der Waals surface area contributed by atoms with E-state index in [-0.39, 0.29) is 25.5 Å². The third kappa shape index (κ3) is 4.49. The van der Waals surface area contributed by atoms with Gasteiger partial charge in [0, 0.05) is 35.4 Å². The van der Waals surface area contributed by atoms with Gasteiger partial charge in [0.1, 0.15) is 18.9 Å². The first kappa shape index (κ1) is 19.8. The highest BCUT2D eigenvalue weighted by molar-refractivity contribution is 5.99. The molecule has 1 heterocycles. The molecule has 0 aliphatic carbocycles. The van der Waals surface area contributed by atoms with Crippen molar-refractivity contribution in [3.8, 4) is 5.75 Å². The predicted octanol–water partition coefficient (Wildman–Crippen LogP) is 3.63. The summed E-state index contributed by atoms with van der Waals surface area (Å²) in [5.74, 6) is 0.707. The number of ether oxygens (including phenoxy) is 1. The van der Waals surface area contributed by atoms with Gasteiger partial charge in [-0.2, -0.15) is 0 Å². The Bertz CT molecular complexity index is 995. The van der Waals surface area contributed by atoms with Gasteiger partial charge in [0.15, 0.2) is 5.78 Å². The number of aliphatic hydroxyl groups is 1. The summed E-state index contributed by atoms with van der Waals surface area (Å²) < 4.78 is 7.74. The number of carbonyl (C=O) groups excluding carboxylic acids is 1. The molecule has 146 valence electrons. The van der Waals surface area contributed by atoms with E-state index in [1.54, 1.807) is 6.21 Å². The van der Waals surface area contributed by atoms with E-state index in [9.17, 15) is 4.79 Å². The van der Waals surface area contributed by atoms with Gasteiger partial charge in [-0.1, -0.05) is 29.8 Å². The summed E-state index contributed by atoms with van der Waals surface area (Å²) in [6.45, 7) is 6.76. The van der Waals surface area contributed by atoms with Crippen molar-refractivity contribution in [1.29, 1.82) is 0 Å². The Balaban J connectivity index is 1.62. The second-order valence-electron chi connectivity index (χ2n) is 7.04. The average molecular weight is 378 g/mol. The van der Waals surface area contributed by atoms with Gasteiger partial charge < -0.3 is 14.4 Å². The number of ketones is 1. The summed E-state index contributed by atoms with van der Waals surface area (Å²) in [4.78, 5) is 16.5. The van der Waals surface area contributed by atoms with Crippen LogP contribution in [0.3, 0.4) is 0 Å². The number of aryl methyl sites for hydroxylation is 3. The molecule has 0 aliphatic rings. The standard InChI is InChI=1S/C23H26N2O3/c1-16-11-17(2)23(18(3)12-16)28-15-20(27)14-24-13-19-5-4-6-22-21(19)7-8-25(22)9-10-26/h4-8,11-13,26H,9-10,14-15H2,1-3H3. The smallest absolute Gasteiger partial charge is 0.191 e. The van der Waals surface area contributed by atoms with Crippen molar-refractivity contribution in [3.05, 3.63) is 64.8 Å². The lowest BCUT2D eigenvalue weighted by Gasteiger charge is -2.12. The van der Waals surface area contributed by atoms with Gasteiger partial charge in [-0.3, -0.25) is 9.79 Å². The van der Waals surface area contributed by atoms with Crippen molar-refractivity contribution in [1.82, 2.24) is 4.57 Å². The van der Waals surface area contributed by atoms with Crippen molar-refractivity contribution >= 4 is 22.9 Å². The molecule has 2 aromatic carbocycles. The zero-order valence-electron chi connectivity index (χ0n) is 16.6. The maximum absolute atomic E-state index is 12.2. The molecule has 0 saturated heterocycles. The lowest BCUT2D eigenvalue weighted by Crippen LogP contribution is -2.15. The Hall–Kier alpha value is -2.92. The van der Waals surface area contributed by atoms with Crippen molar-refractivity contribution in [2.24, 2.45) is 4.99 Å². The molecule has 0 saturated carbocycles. The van der Waals surface area contributed by atoms with Crippen LogP contribution in [0.4, 0.5) is 0 Å². The van der Waals surface area contributed by atoms with E-state index in [2.05, 4.69) is 17.1 Å². The molecule has 3 aromatic rings. The summed E-state index contributed by atoms with van der Waals surface area (Å²) in [7, 11) is 0. The highest BCUT2D eigenvalue weighted by atomic mass is 16.5. The topological polar surface area (TPSA) is 63.8 Å². The molecular weight excluding hydrogens is 352 g/mol. The molecule has 0 unspecified atom stereocenters. The van der Waals surface area contributed by atoms with Crippen molar-refractivity contribution < 1.29 is 14.6 Å². The number of Topliss-reactive ketones (excluding diaryl/α,β-unsaturated/α-hetero) is 1. The normalized spacial score (nSPS) is 11.4. The van der Waals surface area contributed by atoms with Gasteiger partial charge in [0.05, 0.1) is 6.61 Å². The van der Waals surface area contributed by atoms with Crippen LogP contribution in [0.15, 0.2) is 47.6 Å². The number of aromatic nitrogens is 1. The van der Waals surface area contributed by atoms with E-state index in [4.69, 9.17) is 9.84 Å². The maximum atomic E-state index is 12.2. The largest absolute Gasteiger partial charge is 0.485 e. The van der Waals surface area contributed by atoms with Crippen molar-refractivity contribution in [3.63, 3.8) is 0 Å². The molecule has 0 radical (unpaired) electrons. The molecule has 28 heavy (non-hydrogen) atoms. The van der Waals surface area contributed by atoms with Crippen LogP contribution >= 0.6 is 0 Å². The van der Waals surface area contributed by atoms with Gasteiger partial charge >= 0.3 is 0 Å². The highest BCUT2D eigenvalue weighted by Crippen LogP contribution is 2.24. The fourth-order valence-electron chi connectivity index (χ4n) is 3.50. The number of nitrogens with zero attached hydrogens (tertiary/aromatic N) is 2. The second kappa shape index (κ2) is 8.85. The third-order valence-corrected chi connectivity index (χ3v) is 4.67. The minimum atomic E-state index is -0.0688. The zero-order valence-corrected chi connectivity index (χ0v) is 16.6. The number of hydrogen-bond donors (Lipinski definition) is 1. The first-order valence-electron chi connectivity index (χ1n) is 9.40. The maximum Gasteiger partial charge on any atom is 0.191 e. The van der Waals surface area contributed by atoms with Crippen LogP contribution in [0, 0.1) is 20.8 Å². The molecule has 1 N–H and O–H groups in total. The van der Waals surface area contributed by atoms with Crippen LogP contribution in [0.25, 0.3) is 10.9 Å². The molecule has 5 heteroatoms. The van der Waals surface area contributed by atoms with E-state index in [0.717, 1.165) is 33.3 Å². The second-order valence-corrected chi connectivity index (χ2v) is 7.04. The molecule has 0 aliphatic heterocycles. The van der Waals surface area contributed by atoms with Gasteiger partial charge in [-0.15, -0.1) is 0 Å². The van der Waals surface area contributed by atoms with Crippen LogP contribution in [0.2, 0.25) is 0 Å². The highest BCUT2D eigenvalue weighted by Gasteiger charge is 2.08. The first-order chi connectivity index (χ1) is 13.5. The minimum absolute atomic E-state index is 0.0131. The molecular formula is C23H26N2O3. The van der Waals surface area contributed by atoms with E-state index in [0.29, 0.717) is 6.54 Å². The Morgan fingerprint density at radius 3 is 2.64 bits per heavy atom. The summed E-state index contributed by atoms with van der Waals surface area (Å²) in [6.07, 6.45) is 3.68. The van der Waals surface area contributed by atoms with Crippen molar-refractivity contribution in [2.45, 2.75) is 27.3 Å². The number of aliphatic imine (C=N–C) groups is 1. The molecule has 0 atom stereocenters. The molecule has 0 spiro atoms. The molecule has 0 amide bonds. The first-order valence-corrected chi connectivity index (χ1v) is 9.40. The van der Waals surface area contributed by atoms with E-state index < -0.39 is 0 Å². The summed E-state index contributed by atoms with van der Waals surface area (Å²) in [5.41, 5.74) is 5.24. The molecule has 5 nitrogen and oxygen atoms in total. The van der Waals surface area contributed by atoms with Gasteiger partial charge in [-0.05, 0) is 44.0 Å². The molecule has 0 fully saturated rings. The van der Waals surface area contributed by atoms with Gasteiger partial charge in [0.25, 0.3) is 0 Å². The van der Waals surface area contributed by atoms with E-state index in [1.807, 2.05) is 55.8 Å². The van der Waals surface area contributed by atoms with Crippen LogP contribution in [-0.2, 0) is 11.3 Å². The summed E-state index contributed by atoms with van der Waals surface area (Å²) in [5, 5.41) is 10.2. The lowest BCUT2D eigenvalue weighted by atomic mass is 10.1. The quantitative estimate of drug-likeness (QED) is 0.609. The summed E-state index contributed by atoms with van der Waals surface area (Å²) >= 11 is 0. The zero-order chi connectivity index (χ0) is 20.1. The van der Waals surface area contributed by atoms with Crippen LogP contribution in [-0.4, -0.2) is 41.4 Å². The minimum Gasteiger partial charge on any atom is -0.485 e. The fourth-order valence-corrected chi connectivity index (χ4v) is 3.50. The van der Waals surface area contributed by atoms with Gasteiger partial charge in [0.2, 0.25) is 0 Å². The fraction of sp³-hybridized carbons (Fsp3) is 0.304. The number of benzene rings is 2. The lowest BCUT2D eigenvalue weighted by molar-refractivity contribution is -0.119. The van der Waals surface area contributed by atoms with E-state index >= 15 is 0 Å². The number of hydrogen-bond acceptors (Lipinski definition) is 4. The molecule has 3 rings (SSSR count). The number of aliphatic hydroxyl groups excluding tert-OH is 1. The van der Waals surface area contributed by atoms with E-state index in [1.165, 1.54) is 5.56 Å². The molecule has 1 aromatic heterocycles. The van der Waals surface area contributed by atoms with Gasteiger partial charge in [-0.25, -0.2) is 0 Å². The average Bonchev–Trinajstić information content (AvgIpc) is 3.05. The van der Waals surface area contributed by atoms with Crippen molar-refractivity contribution in [2.75, 3.05) is 19.8 Å². The third-order valence-electron chi connectivity index (χ3n) is 4.67. The number of rotatable bonds is 8. The predicted molar refractivity (Wildman–Crippen MR) is 113 cm³/mol. The van der Waals surface area contributed by atoms with Crippen LogP contribution in [0.5, 0.6) is 5.75 Å². The number of fused-ring (bicyclic) bond motifs is 1. The Morgan fingerprint density at radius 2 is 1.93 bits per heavy atom. The Labute approximate surface area is 165 Å². The monoisotopic (exact) mass is 378 g/mol. The molecule has 0 bridgehead atoms. The summed E-state index contributed by atoms with van der Waals surface area (Å²) in [6, 6.07) is 12.0. The number of carbonyl (C=O) groups is 1. The Morgan fingerprint density at radius 1 is 1.18 bits per heavy atom. The van der Waals surface area contributed by atoms with Crippen LogP contribution < -0.4 is 4.74 Å². The SMILES string of the molecule is Cc1cc(C)c(OCC(=O)CN=Cc2cccc3c2ccn3CCO)c(C)c1. The van der Waals surface area contributed by atoms with Crippen LogP contribution in [0.1, 0.15) is 22.3 Å². The Kier molecular flexibility index (Phi) is 6.26.